The van der Waals surface area contributed by atoms with Crippen molar-refractivity contribution < 1.29 is 19.7 Å². The number of nitrogens with zero attached hydrogens (tertiary/aromatic N) is 1. The number of ketones is 1. The number of likely N-dealkylation sites (tertiary alicyclic amines) is 1. The maximum Gasteiger partial charge on any atom is 0.203 e. The Morgan fingerprint density at radius 2 is 2.35 bits per heavy atom. The van der Waals surface area contributed by atoms with Crippen LogP contribution in [0, 0.1) is 5.92 Å². The molecule has 20 heavy (non-hydrogen) atoms. The van der Waals surface area contributed by atoms with Crippen molar-refractivity contribution in [1.29, 1.82) is 0 Å². The highest BCUT2D eigenvalue weighted by Gasteiger charge is 2.40. The molecule has 0 bridgehead atoms. The molecule has 1 fully saturated rings. The van der Waals surface area contributed by atoms with Crippen LogP contribution in [0.25, 0.3) is 0 Å². The predicted molar refractivity (Wildman–Crippen MR) is 81.2 cm³/mol. The van der Waals surface area contributed by atoms with Crippen LogP contribution in [0.5, 0.6) is 0 Å². The second-order valence-electron chi connectivity index (χ2n) is 4.84. The van der Waals surface area contributed by atoms with Crippen molar-refractivity contribution in [2.75, 3.05) is 13.2 Å². The summed E-state index contributed by atoms with van der Waals surface area (Å²) in [4.78, 5) is 14.0. The van der Waals surface area contributed by atoms with E-state index in [-0.39, 0.29) is 30.7 Å². The highest BCUT2D eigenvalue weighted by atomic mass is 32.1. The minimum Gasteiger partial charge on any atom is -0.462 e. The van der Waals surface area contributed by atoms with Crippen molar-refractivity contribution in [2.45, 2.75) is 25.0 Å². The molecule has 110 valence electrons. The summed E-state index contributed by atoms with van der Waals surface area (Å²) in [6.45, 7) is 0.0457. The van der Waals surface area contributed by atoms with Crippen LogP contribution in [0.3, 0.4) is 0 Å². The first-order chi connectivity index (χ1) is 9.54. The first-order valence-electron chi connectivity index (χ1n) is 6.39. The number of rotatable bonds is 3. The van der Waals surface area contributed by atoms with Crippen LogP contribution in [0.2, 0.25) is 0 Å². The van der Waals surface area contributed by atoms with E-state index in [1.54, 1.807) is 17.1 Å². The summed E-state index contributed by atoms with van der Waals surface area (Å²) in [5.74, 6) is -0.566. The Morgan fingerprint density at radius 1 is 1.60 bits per heavy atom. The Hall–Kier alpha value is -0.890. The van der Waals surface area contributed by atoms with Crippen molar-refractivity contribution in [3.8, 4) is 0 Å². The number of carbonyl (C=O) groups excluding carboxylic acids is 1. The van der Waals surface area contributed by atoms with Crippen molar-refractivity contribution in [1.82, 2.24) is 4.90 Å². The fourth-order valence-electron chi connectivity index (χ4n) is 2.49. The number of aliphatic hydroxyl groups excluding tert-OH is 2. The zero-order valence-electron chi connectivity index (χ0n) is 10.8. The van der Waals surface area contributed by atoms with E-state index >= 15 is 0 Å². The Bertz CT molecular complexity index is 463. The topological polar surface area (TPSA) is 70.0 Å². The van der Waals surface area contributed by atoms with Crippen LogP contribution in [-0.4, -0.2) is 50.5 Å². The molecular formula is C13H17NO4S2. The molecule has 1 saturated heterocycles. The van der Waals surface area contributed by atoms with Crippen molar-refractivity contribution in [3.63, 3.8) is 0 Å². The molecule has 2 rings (SSSR count). The van der Waals surface area contributed by atoms with Gasteiger partial charge in [-0.25, -0.2) is 0 Å². The van der Waals surface area contributed by atoms with E-state index in [2.05, 4.69) is 12.6 Å². The molecule has 0 spiro atoms. The van der Waals surface area contributed by atoms with Crippen LogP contribution in [0.15, 0.2) is 24.2 Å². The van der Waals surface area contributed by atoms with Crippen LogP contribution >= 0.6 is 24.8 Å². The molecule has 3 unspecified atom stereocenters. The summed E-state index contributed by atoms with van der Waals surface area (Å²) in [6, 6.07) is -0.308. The largest absolute Gasteiger partial charge is 0.462 e. The first kappa shape index (κ1) is 15.5. The Kier molecular flexibility index (Phi) is 5.20. The number of hydrogen-bond donors (Lipinski definition) is 3. The first-order valence-corrected chi connectivity index (χ1v) is 7.24. The van der Waals surface area contributed by atoms with Gasteiger partial charge in [0.25, 0.3) is 0 Å². The maximum atomic E-state index is 12.4. The van der Waals surface area contributed by atoms with Crippen LogP contribution in [0.4, 0.5) is 0 Å². The van der Waals surface area contributed by atoms with Gasteiger partial charge >= 0.3 is 0 Å². The number of carbonyl (C=O) groups is 1. The lowest BCUT2D eigenvalue weighted by Gasteiger charge is -2.41. The molecule has 0 saturated carbocycles. The summed E-state index contributed by atoms with van der Waals surface area (Å²) in [7, 11) is 0. The molecule has 0 amide bonds. The SMILES string of the molecule is O=C(C1=CCC=CO1)C1CC(CO)N(C(=S)S)CC1O. The van der Waals surface area contributed by atoms with E-state index in [1.165, 1.54) is 6.26 Å². The molecule has 2 heterocycles. The van der Waals surface area contributed by atoms with Gasteiger partial charge in [0.15, 0.2) is 5.76 Å². The summed E-state index contributed by atoms with van der Waals surface area (Å²) in [5.41, 5.74) is 0. The van der Waals surface area contributed by atoms with E-state index in [0.717, 1.165) is 0 Å². The molecule has 5 nitrogen and oxygen atoms in total. The molecule has 0 aliphatic carbocycles. The molecule has 2 N–H and O–H groups in total. The predicted octanol–water partition coefficient (Wildman–Crippen LogP) is 0.632. The molecule has 2 aliphatic heterocycles. The molecule has 0 aromatic carbocycles. The monoisotopic (exact) mass is 315 g/mol. The van der Waals surface area contributed by atoms with Gasteiger partial charge in [-0.3, -0.25) is 4.79 Å². The van der Waals surface area contributed by atoms with Gasteiger partial charge in [-0.05, 0) is 25.0 Å². The molecule has 7 heteroatoms. The Morgan fingerprint density at radius 3 is 2.90 bits per heavy atom. The number of thiocarbonyl (C=S) groups is 1. The van der Waals surface area contributed by atoms with Gasteiger partial charge in [0.1, 0.15) is 4.32 Å². The van der Waals surface area contributed by atoms with Gasteiger partial charge in [-0.1, -0.05) is 12.2 Å². The van der Waals surface area contributed by atoms with Gasteiger partial charge in [0.2, 0.25) is 5.78 Å². The standard InChI is InChI=1S/C13H17NO4S2/c15-7-8-5-9(10(16)6-14(8)13(19)20)12(17)11-3-1-2-4-18-11/h2-4,8-10,15-16H,1,5-7H2,(H,19,20). The molecular weight excluding hydrogens is 298 g/mol. The van der Waals surface area contributed by atoms with E-state index in [1.807, 2.05) is 0 Å². The molecule has 2 aliphatic rings. The number of Topliss-reactive ketones (excluding diaryl/α,β-unsaturated/α-hetero) is 1. The number of hydrogen-bond acceptors (Lipinski definition) is 5. The lowest BCUT2D eigenvalue weighted by atomic mass is 9.85. The maximum absolute atomic E-state index is 12.4. The quantitative estimate of drug-likeness (QED) is 0.524. The summed E-state index contributed by atoms with van der Waals surface area (Å²) in [5, 5.41) is 19.6. The Balaban J connectivity index is 2.11. The number of β-amino-alcohol motifs (C(OH)–C–C–N with tert-alkyl or cyclic N) is 1. The van der Waals surface area contributed by atoms with E-state index in [4.69, 9.17) is 17.0 Å². The highest BCUT2D eigenvalue weighted by molar-refractivity contribution is 8.10. The van der Waals surface area contributed by atoms with Crippen LogP contribution < -0.4 is 0 Å². The summed E-state index contributed by atoms with van der Waals surface area (Å²) >= 11 is 9.06. The normalized spacial score (nSPS) is 29.6. The number of piperidine rings is 1. The Labute approximate surface area is 128 Å². The fourth-order valence-corrected chi connectivity index (χ4v) is 2.95. The third kappa shape index (κ3) is 3.22. The molecule has 0 aromatic heterocycles. The summed E-state index contributed by atoms with van der Waals surface area (Å²) < 4.78 is 5.50. The lowest BCUT2D eigenvalue weighted by molar-refractivity contribution is -0.128. The third-order valence-electron chi connectivity index (χ3n) is 3.58. The van der Waals surface area contributed by atoms with Gasteiger partial charge in [0.05, 0.1) is 30.9 Å². The van der Waals surface area contributed by atoms with Crippen molar-refractivity contribution in [2.24, 2.45) is 5.92 Å². The van der Waals surface area contributed by atoms with Gasteiger partial charge in [0, 0.05) is 6.54 Å². The van der Waals surface area contributed by atoms with E-state index < -0.39 is 12.0 Å². The summed E-state index contributed by atoms with van der Waals surface area (Å²) in [6.07, 6.45) is 5.07. The lowest BCUT2D eigenvalue weighted by Crippen LogP contribution is -2.54. The number of allylic oxidation sites excluding steroid dienone is 3. The van der Waals surface area contributed by atoms with E-state index in [0.29, 0.717) is 17.2 Å². The van der Waals surface area contributed by atoms with Crippen molar-refractivity contribution in [3.05, 3.63) is 24.2 Å². The van der Waals surface area contributed by atoms with Gasteiger partial charge in [-0.2, -0.15) is 0 Å². The fraction of sp³-hybridized carbons (Fsp3) is 0.538. The zero-order valence-corrected chi connectivity index (χ0v) is 12.5. The van der Waals surface area contributed by atoms with Gasteiger partial charge < -0.3 is 19.8 Å². The minimum atomic E-state index is -0.856. The average Bonchev–Trinajstić information content (AvgIpc) is 2.47. The second-order valence-corrected chi connectivity index (χ2v) is 5.95. The van der Waals surface area contributed by atoms with Crippen LogP contribution in [-0.2, 0) is 9.53 Å². The van der Waals surface area contributed by atoms with Gasteiger partial charge in [-0.15, -0.1) is 12.6 Å². The second kappa shape index (κ2) is 6.71. The average molecular weight is 315 g/mol. The van der Waals surface area contributed by atoms with E-state index in [9.17, 15) is 15.0 Å². The number of ether oxygens (including phenoxy) is 1. The number of thiol groups is 1. The zero-order chi connectivity index (χ0) is 14.7. The molecule has 3 atom stereocenters. The third-order valence-corrected chi connectivity index (χ3v) is 4.07. The molecule has 0 aromatic rings. The smallest absolute Gasteiger partial charge is 0.203 e. The number of aliphatic hydroxyl groups is 2. The highest BCUT2D eigenvalue weighted by Crippen LogP contribution is 2.28. The van der Waals surface area contributed by atoms with Crippen molar-refractivity contribution >= 4 is 35.0 Å². The molecule has 0 radical (unpaired) electrons. The minimum absolute atomic E-state index is 0.142. The van der Waals surface area contributed by atoms with Crippen LogP contribution in [0.1, 0.15) is 12.8 Å².